The third-order valence-electron chi connectivity index (χ3n) is 4.72. The number of thiazole rings is 1. The van der Waals surface area contributed by atoms with Crippen LogP contribution in [0.1, 0.15) is 62.4 Å². The molecule has 2 heterocycles. The Bertz CT molecular complexity index is 536. The molecule has 1 aromatic rings. The molecule has 0 spiro atoms. The first-order valence-electron chi connectivity index (χ1n) is 8.06. The predicted octanol–water partition coefficient (Wildman–Crippen LogP) is 3.58. The van der Waals surface area contributed by atoms with Crippen LogP contribution in [0.15, 0.2) is 11.6 Å². The molecule has 1 saturated heterocycles. The van der Waals surface area contributed by atoms with Crippen molar-refractivity contribution in [2.75, 3.05) is 12.3 Å². The van der Waals surface area contributed by atoms with Gasteiger partial charge in [0.2, 0.25) is 10.0 Å². The molecule has 1 aliphatic carbocycles. The van der Waals surface area contributed by atoms with Gasteiger partial charge in [-0.1, -0.05) is 25.7 Å². The van der Waals surface area contributed by atoms with Crippen LogP contribution in [0.3, 0.4) is 0 Å². The molecular weight excluding hydrogens is 304 g/mol. The molecule has 2 fully saturated rings. The van der Waals surface area contributed by atoms with Gasteiger partial charge >= 0.3 is 0 Å². The smallest absolute Gasteiger partial charge is 0.215 e. The van der Waals surface area contributed by atoms with Gasteiger partial charge in [-0.25, -0.2) is 13.4 Å². The molecule has 21 heavy (non-hydrogen) atoms. The molecule has 0 unspecified atom stereocenters. The van der Waals surface area contributed by atoms with Crippen molar-refractivity contribution in [2.45, 2.75) is 57.4 Å². The molecular formula is C15H24N2O2S2. The van der Waals surface area contributed by atoms with Gasteiger partial charge in [-0.2, -0.15) is 4.31 Å². The zero-order valence-corrected chi connectivity index (χ0v) is 14.0. The van der Waals surface area contributed by atoms with Crippen LogP contribution in [0.25, 0.3) is 0 Å². The van der Waals surface area contributed by atoms with Crippen LogP contribution in [-0.4, -0.2) is 30.0 Å². The van der Waals surface area contributed by atoms with E-state index in [1.54, 1.807) is 21.8 Å². The summed E-state index contributed by atoms with van der Waals surface area (Å²) in [4.78, 5) is 4.36. The lowest BCUT2D eigenvalue weighted by molar-refractivity contribution is 0.252. The van der Waals surface area contributed by atoms with Gasteiger partial charge in [0.1, 0.15) is 5.01 Å². The van der Waals surface area contributed by atoms with Gasteiger partial charge in [-0.3, -0.25) is 0 Å². The van der Waals surface area contributed by atoms with Crippen LogP contribution < -0.4 is 0 Å². The molecule has 0 N–H and O–H groups in total. The lowest BCUT2D eigenvalue weighted by Gasteiger charge is -2.35. The first kappa shape index (κ1) is 15.4. The molecule has 2 aliphatic rings. The highest BCUT2D eigenvalue weighted by molar-refractivity contribution is 7.89. The molecule has 1 aliphatic heterocycles. The molecule has 118 valence electrons. The molecule has 1 saturated carbocycles. The SMILES string of the molecule is O=S(=O)(CC1CCCCC1)N1CCCC[C@@H]1c1nccs1. The maximum atomic E-state index is 12.9. The van der Waals surface area contributed by atoms with Crippen LogP contribution >= 0.6 is 11.3 Å². The molecule has 6 heteroatoms. The lowest BCUT2D eigenvalue weighted by Crippen LogP contribution is -2.41. The summed E-state index contributed by atoms with van der Waals surface area (Å²) in [5, 5.41) is 2.90. The second-order valence-corrected chi connectivity index (χ2v) is 9.17. The van der Waals surface area contributed by atoms with Crippen LogP contribution in [0.4, 0.5) is 0 Å². The summed E-state index contributed by atoms with van der Waals surface area (Å²) >= 11 is 1.58. The van der Waals surface area contributed by atoms with E-state index in [1.165, 1.54) is 19.3 Å². The number of hydrogen-bond donors (Lipinski definition) is 0. The van der Waals surface area contributed by atoms with Crippen molar-refractivity contribution >= 4 is 21.4 Å². The second-order valence-electron chi connectivity index (χ2n) is 6.28. The van der Waals surface area contributed by atoms with Crippen molar-refractivity contribution in [3.8, 4) is 0 Å². The molecule has 0 amide bonds. The van der Waals surface area contributed by atoms with E-state index in [9.17, 15) is 8.42 Å². The highest BCUT2D eigenvalue weighted by Crippen LogP contribution is 2.35. The van der Waals surface area contributed by atoms with Crippen molar-refractivity contribution in [1.82, 2.24) is 9.29 Å². The minimum absolute atomic E-state index is 0.0210. The quantitative estimate of drug-likeness (QED) is 0.849. The van der Waals surface area contributed by atoms with Crippen molar-refractivity contribution < 1.29 is 8.42 Å². The Morgan fingerprint density at radius 1 is 1.14 bits per heavy atom. The number of aromatic nitrogens is 1. The highest BCUT2D eigenvalue weighted by atomic mass is 32.2. The summed E-state index contributed by atoms with van der Waals surface area (Å²) in [6.07, 6.45) is 10.6. The summed E-state index contributed by atoms with van der Waals surface area (Å²) in [6.45, 7) is 0.666. The van der Waals surface area contributed by atoms with Crippen molar-refractivity contribution in [3.63, 3.8) is 0 Å². The third-order valence-corrected chi connectivity index (χ3v) is 7.64. The monoisotopic (exact) mass is 328 g/mol. The maximum absolute atomic E-state index is 12.9. The van der Waals surface area contributed by atoms with Gasteiger partial charge in [0.25, 0.3) is 0 Å². The molecule has 0 bridgehead atoms. The van der Waals surface area contributed by atoms with Gasteiger partial charge in [0.05, 0.1) is 11.8 Å². The number of sulfonamides is 1. The van der Waals surface area contributed by atoms with E-state index in [1.807, 2.05) is 5.38 Å². The lowest BCUT2D eigenvalue weighted by atomic mass is 9.91. The number of nitrogens with zero attached hydrogens (tertiary/aromatic N) is 2. The highest BCUT2D eigenvalue weighted by Gasteiger charge is 2.36. The normalized spacial score (nSPS) is 26.0. The van der Waals surface area contributed by atoms with Crippen molar-refractivity contribution in [2.24, 2.45) is 5.92 Å². The summed E-state index contributed by atoms with van der Waals surface area (Å²) in [5.74, 6) is 0.706. The van der Waals surface area contributed by atoms with E-state index in [-0.39, 0.29) is 6.04 Å². The van der Waals surface area contributed by atoms with Crippen LogP contribution in [0, 0.1) is 5.92 Å². The molecule has 1 atom stereocenters. The second kappa shape index (κ2) is 6.75. The maximum Gasteiger partial charge on any atom is 0.215 e. The fourth-order valence-corrected chi connectivity index (χ4v) is 6.60. The van der Waals surface area contributed by atoms with Crippen LogP contribution in [-0.2, 0) is 10.0 Å². The third kappa shape index (κ3) is 3.66. The Labute approximate surface area is 131 Å². The first-order valence-corrected chi connectivity index (χ1v) is 10.5. The zero-order valence-electron chi connectivity index (χ0n) is 12.4. The average molecular weight is 329 g/mol. The Balaban J connectivity index is 1.75. The minimum atomic E-state index is -3.16. The van der Waals surface area contributed by atoms with Crippen LogP contribution in [0.5, 0.6) is 0 Å². The van der Waals surface area contributed by atoms with E-state index in [0.717, 1.165) is 37.1 Å². The Morgan fingerprint density at radius 3 is 2.62 bits per heavy atom. The van der Waals surface area contributed by atoms with Crippen molar-refractivity contribution in [3.05, 3.63) is 16.6 Å². The Kier molecular flexibility index (Phi) is 4.96. The van der Waals surface area contributed by atoms with E-state index < -0.39 is 10.0 Å². The Morgan fingerprint density at radius 2 is 1.90 bits per heavy atom. The summed E-state index contributed by atoms with van der Waals surface area (Å²) < 4.78 is 27.5. The first-order chi connectivity index (χ1) is 10.2. The minimum Gasteiger partial charge on any atom is -0.248 e. The largest absolute Gasteiger partial charge is 0.248 e. The summed E-state index contributed by atoms with van der Waals surface area (Å²) in [5.41, 5.74) is 0. The Hall–Kier alpha value is -0.460. The average Bonchev–Trinajstić information content (AvgIpc) is 3.02. The van der Waals surface area contributed by atoms with Crippen LogP contribution in [0.2, 0.25) is 0 Å². The molecule has 0 aromatic carbocycles. The van der Waals surface area contributed by atoms with E-state index in [0.29, 0.717) is 18.2 Å². The molecule has 1 aromatic heterocycles. The zero-order chi connectivity index (χ0) is 14.7. The van der Waals surface area contributed by atoms with Gasteiger partial charge < -0.3 is 0 Å². The van der Waals surface area contributed by atoms with Gasteiger partial charge in [0, 0.05) is 18.1 Å². The fourth-order valence-electron chi connectivity index (χ4n) is 3.63. The molecule has 4 nitrogen and oxygen atoms in total. The van der Waals surface area contributed by atoms with Crippen molar-refractivity contribution in [1.29, 1.82) is 0 Å². The summed E-state index contributed by atoms with van der Waals surface area (Å²) in [7, 11) is -3.16. The number of piperidine rings is 1. The van der Waals surface area contributed by atoms with E-state index in [4.69, 9.17) is 0 Å². The van der Waals surface area contributed by atoms with E-state index in [2.05, 4.69) is 4.98 Å². The standard InChI is InChI=1S/C15H24N2O2S2/c18-21(19,12-13-6-2-1-3-7-13)17-10-5-4-8-14(17)15-16-9-11-20-15/h9,11,13-14H,1-8,10,12H2/t14-/m1/s1. The fraction of sp³-hybridized carbons (Fsp3) is 0.800. The predicted molar refractivity (Wildman–Crippen MR) is 85.8 cm³/mol. The topological polar surface area (TPSA) is 50.3 Å². The molecule has 0 radical (unpaired) electrons. The van der Waals surface area contributed by atoms with Gasteiger partial charge in [-0.05, 0) is 31.6 Å². The number of rotatable bonds is 4. The molecule has 3 rings (SSSR count). The number of hydrogen-bond acceptors (Lipinski definition) is 4. The summed E-state index contributed by atoms with van der Waals surface area (Å²) in [6, 6.07) is -0.0210. The van der Waals surface area contributed by atoms with E-state index >= 15 is 0 Å². The van der Waals surface area contributed by atoms with Gasteiger partial charge in [-0.15, -0.1) is 11.3 Å². The van der Waals surface area contributed by atoms with Gasteiger partial charge in [0.15, 0.2) is 0 Å².